The van der Waals surface area contributed by atoms with E-state index in [1.54, 1.807) is 10.9 Å². The van der Waals surface area contributed by atoms with Crippen LogP contribution in [0.15, 0.2) is 22.8 Å². The Labute approximate surface area is 143 Å². The Kier molecular flexibility index (Phi) is 6.20. The van der Waals surface area contributed by atoms with Crippen LogP contribution >= 0.6 is 0 Å². The van der Waals surface area contributed by atoms with Gasteiger partial charge >= 0.3 is 0 Å². The molecule has 0 aromatic carbocycles. The Hall–Kier alpha value is -2.08. The lowest BCUT2D eigenvalue weighted by Crippen LogP contribution is -2.33. The average Bonchev–Trinajstić information content (AvgIpc) is 3.11. The molecule has 24 heavy (non-hydrogen) atoms. The van der Waals surface area contributed by atoms with E-state index in [9.17, 15) is 4.79 Å². The summed E-state index contributed by atoms with van der Waals surface area (Å²) in [6.07, 6.45) is 1.90. The zero-order valence-electron chi connectivity index (χ0n) is 15.1. The molecular formula is C18H27N3O3. The third-order valence-electron chi connectivity index (χ3n) is 3.95. The highest BCUT2D eigenvalue weighted by atomic mass is 16.5. The van der Waals surface area contributed by atoms with Crippen LogP contribution in [0.3, 0.4) is 0 Å². The van der Waals surface area contributed by atoms with Gasteiger partial charge in [-0.05, 0) is 31.9 Å². The molecule has 0 unspecified atom stereocenters. The molecule has 1 atom stereocenters. The number of aromatic nitrogens is 2. The highest BCUT2D eigenvalue weighted by molar-refractivity contribution is 5.79. The average molecular weight is 333 g/mol. The molecule has 0 spiro atoms. The van der Waals surface area contributed by atoms with Gasteiger partial charge in [0, 0.05) is 24.9 Å². The molecule has 0 saturated heterocycles. The Morgan fingerprint density at radius 1 is 1.38 bits per heavy atom. The van der Waals surface area contributed by atoms with E-state index in [2.05, 4.69) is 24.3 Å². The number of hydrogen-bond donors (Lipinski definition) is 1. The second-order valence-electron chi connectivity index (χ2n) is 6.52. The summed E-state index contributed by atoms with van der Waals surface area (Å²) in [4.78, 5) is 12.5. The topological polar surface area (TPSA) is 69.3 Å². The number of carbonyl (C=O) groups is 1. The number of hydrogen-bond acceptors (Lipinski definition) is 4. The van der Waals surface area contributed by atoms with Crippen LogP contribution < -0.4 is 5.32 Å². The molecule has 0 aliphatic carbocycles. The van der Waals surface area contributed by atoms with Crippen molar-refractivity contribution >= 4 is 5.91 Å². The van der Waals surface area contributed by atoms with E-state index < -0.39 is 0 Å². The van der Waals surface area contributed by atoms with Gasteiger partial charge in [-0.1, -0.05) is 13.8 Å². The summed E-state index contributed by atoms with van der Waals surface area (Å²) in [6.45, 7) is 9.11. The molecule has 132 valence electrons. The highest BCUT2D eigenvalue weighted by Gasteiger charge is 2.20. The van der Waals surface area contributed by atoms with Crippen molar-refractivity contribution in [2.24, 2.45) is 13.0 Å². The Balaban J connectivity index is 2.01. The van der Waals surface area contributed by atoms with Crippen molar-refractivity contribution in [1.82, 2.24) is 15.1 Å². The normalized spacial score (nSPS) is 12.6. The first-order valence-corrected chi connectivity index (χ1v) is 8.28. The van der Waals surface area contributed by atoms with Crippen molar-refractivity contribution in [3.05, 3.63) is 41.1 Å². The van der Waals surface area contributed by atoms with Gasteiger partial charge in [-0.15, -0.1) is 0 Å². The summed E-state index contributed by atoms with van der Waals surface area (Å²) in [6, 6.07) is 3.37. The molecular weight excluding hydrogens is 306 g/mol. The fourth-order valence-electron chi connectivity index (χ4n) is 2.59. The van der Waals surface area contributed by atoms with Crippen LogP contribution in [0, 0.1) is 19.8 Å². The van der Waals surface area contributed by atoms with E-state index in [4.69, 9.17) is 9.15 Å². The van der Waals surface area contributed by atoms with E-state index in [0.29, 0.717) is 31.3 Å². The summed E-state index contributed by atoms with van der Waals surface area (Å²) in [7, 11) is 1.88. The van der Waals surface area contributed by atoms with E-state index in [1.165, 1.54) is 0 Å². The highest BCUT2D eigenvalue weighted by Crippen LogP contribution is 2.17. The second kappa shape index (κ2) is 8.15. The van der Waals surface area contributed by atoms with Gasteiger partial charge in [0.25, 0.3) is 0 Å². The molecule has 0 aliphatic heterocycles. The van der Waals surface area contributed by atoms with Crippen molar-refractivity contribution in [2.45, 2.75) is 40.2 Å². The first-order valence-electron chi connectivity index (χ1n) is 8.28. The zero-order valence-corrected chi connectivity index (χ0v) is 15.1. The maximum Gasteiger partial charge on any atom is 0.225 e. The fraction of sp³-hybridized carbons (Fsp3) is 0.556. The van der Waals surface area contributed by atoms with Crippen LogP contribution in [-0.2, 0) is 23.0 Å². The summed E-state index contributed by atoms with van der Waals surface area (Å²) < 4.78 is 12.9. The molecule has 2 heterocycles. The van der Waals surface area contributed by atoms with Crippen molar-refractivity contribution in [1.29, 1.82) is 0 Å². The van der Waals surface area contributed by atoms with Crippen LogP contribution in [-0.4, -0.2) is 28.9 Å². The smallest absolute Gasteiger partial charge is 0.225 e. The van der Waals surface area contributed by atoms with Gasteiger partial charge in [0.2, 0.25) is 5.91 Å². The van der Waals surface area contributed by atoms with Gasteiger partial charge in [-0.25, -0.2) is 0 Å². The lowest BCUT2D eigenvalue weighted by molar-refractivity contribution is -0.121. The molecule has 1 amide bonds. The summed E-state index contributed by atoms with van der Waals surface area (Å²) in [5.41, 5.74) is 2.86. The van der Waals surface area contributed by atoms with Gasteiger partial charge < -0.3 is 14.5 Å². The molecule has 2 aromatic rings. The van der Waals surface area contributed by atoms with Crippen LogP contribution in [0.1, 0.15) is 42.6 Å². The van der Waals surface area contributed by atoms with E-state index in [0.717, 1.165) is 17.0 Å². The first-order chi connectivity index (χ1) is 11.4. The minimum absolute atomic E-state index is 0.0660. The van der Waals surface area contributed by atoms with Crippen LogP contribution in [0.4, 0.5) is 0 Å². The van der Waals surface area contributed by atoms with Crippen molar-refractivity contribution in [2.75, 3.05) is 13.2 Å². The predicted molar refractivity (Wildman–Crippen MR) is 91.6 cm³/mol. The number of nitrogens with zero attached hydrogens (tertiary/aromatic N) is 2. The molecule has 6 nitrogen and oxygen atoms in total. The Morgan fingerprint density at radius 2 is 2.12 bits per heavy atom. The molecule has 0 aliphatic rings. The monoisotopic (exact) mass is 333 g/mol. The number of amides is 1. The Morgan fingerprint density at radius 3 is 2.67 bits per heavy atom. The fourth-order valence-corrected chi connectivity index (χ4v) is 2.59. The third kappa shape index (κ3) is 4.71. The Bertz CT molecular complexity index is 659. The SMILES string of the molecule is Cc1nn(C)c(C)c1CC(=O)N[C@H](COCC(C)C)c1ccco1. The summed E-state index contributed by atoms with van der Waals surface area (Å²) >= 11 is 0. The van der Waals surface area contributed by atoms with Gasteiger partial charge in [0.05, 0.1) is 25.0 Å². The third-order valence-corrected chi connectivity index (χ3v) is 3.95. The van der Waals surface area contributed by atoms with Gasteiger partial charge in [-0.3, -0.25) is 9.48 Å². The number of aryl methyl sites for hydroxylation is 2. The van der Waals surface area contributed by atoms with E-state index in [-0.39, 0.29) is 11.9 Å². The largest absolute Gasteiger partial charge is 0.467 e. The van der Waals surface area contributed by atoms with Crippen molar-refractivity contribution in [3.8, 4) is 0 Å². The van der Waals surface area contributed by atoms with Crippen LogP contribution in [0.5, 0.6) is 0 Å². The van der Waals surface area contributed by atoms with Gasteiger partial charge in [-0.2, -0.15) is 5.10 Å². The number of ether oxygens (including phenoxy) is 1. The molecule has 0 fully saturated rings. The number of rotatable bonds is 8. The van der Waals surface area contributed by atoms with Crippen molar-refractivity contribution < 1.29 is 13.9 Å². The predicted octanol–water partition coefficient (Wildman–Crippen LogP) is 2.70. The quantitative estimate of drug-likeness (QED) is 0.806. The zero-order chi connectivity index (χ0) is 17.7. The number of carbonyl (C=O) groups excluding carboxylic acids is 1. The standard InChI is InChI=1S/C18H27N3O3/c1-12(2)10-23-11-16(17-7-6-8-24-17)19-18(22)9-15-13(3)20-21(5)14(15)4/h6-8,12,16H,9-11H2,1-5H3,(H,19,22)/t16-/m1/s1. The summed E-state index contributed by atoms with van der Waals surface area (Å²) in [5, 5.41) is 7.37. The van der Waals surface area contributed by atoms with Crippen molar-refractivity contribution in [3.63, 3.8) is 0 Å². The lowest BCUT2D eigenvalue weighted by Gasteiger charge is -2.18. The molecule has 6 heteroatoms. The maximum atomic E-state index is 12.5. The number of furan rings is 1. The van der Waals surface area contributed by atoms with Crippen LogP contribution in [0.2, 0.25) is 0 Å². The number of nitrogens with one attached hydrogen (secondary N) is 1. The molecule has 2 rings (SSSR count). The molecule has 0 radical (unpaired) electrons. The summed E-state index contributed by atoms with van der Waals surface area (Å²) in [5.74, 6) is 1.08. The molecule has 0 bridgehead atoms. The molecule has 0 saturated carbocycles. The minimum Gasteiger partial charge on any atom is -0.467 e. The lowest BCUT2D eigenvalue weighted by atomic mass is 10.1. The van der Waals surface area contributed by atoms with Crippen LogP contribution in [0.25, 0.3) is 0 Å². The molecule has 2 aromatic heterocycles. The second-order valence-corrected chi connectivity index (χ2v) is 6.52. The maximum absolute atomic E-state index is 12.5. The van der Waals surface area contributed by atoms with Gasteiger partial charge in [0.1, 0.15) is 11.8 Å². The van der Waals surface area contributed by atoms with E-state index >= 15 is 0 Å². The first kappa shape index (κ1) is 18.3. The van der Waals surface area contributed by atoms with E-state index in [1.807, 2.05) is 33.0 Å². The molecule has 1 N–H and O–H groups in total. The van der Waals surface area contributed by atoms with Gasteiger partial charge in [0.15, 0.2) is 0 Å². The minimum atomic E-state index is -0.288.